The molecule has 0 aliphatic carbocycles. The molecule has 28 heteroatoms. The van der Waals surface area contributed by atoms with Crippen molar-refractivity contribution >= 4 is 82.8 Å². The molecule has 12 atom stereocenters. The van der Waals surface area contributed by atoms with E-state index in [0.29, 0.717) is 55.5 Å². The standard InChI is InChI=1S/C61H92N12O15S/c1-7-36(4)50(60(86)73-30-17-24-47(73)57(83)66-42(27-31-89-6)53(79)68-44(61(87)88)33-39-20-12-9-13-21-39)71-58(84)49(35(2)3)70-54(80)41(25-26-48(75)76)65-56(82)46-23-16-29-72(46)59(85)45(34-74)69-55(81)43(32-38-18-10-8-11-19-38)67-51(77)37(5)64-52(78)40(63)22-14-15-28-62/h8-13,18-21,35-37,40-47,49-50,74H,7,14-17,22-34,62-63H2,1-6H3,(H,64,78)(H,65,82)(H,66,83)(H,67,77)(H,68,79)(H,69,81)(H,70,80)(H,71,84)(H,75,76)(H,87,88)/t36-,37-,40-,41-,42-,43-,44-,45-,46-,47-,49-,50-/m0/s1. The van der Waals surface area contributed by atoms with Crippen molar-refractivity contribution in [2.24, 2.45) is 23.3 Å². The fraction of sp³-hybridized carbons (Fsp3) is 0.607. The maximum Gasteiger partial charge on any atom is 0.326 e. The highest BCUT2D eigenvalue weighted by Crippen LogP contribution is 2.24. The summed E-state index contributed by atoms with van der Waals surface area (Å²) in [6.07, 6.45) is 3.69. The number of nitrogens with zero attached hydrogens (tertiary/aromatic N) is 2. The van der Waals surface area contributed by atoms with Crippen LogP contribution < -0.4 is 54.0 Å². The second-order valence-corrected chi connectivity index (χ2v) is 24.0. The Hall–Kier alpha value is -7.69. The van der Waals surface area contributed by atoms with Crippen LogP contribution in [0.25, 0.3) is 0 Å². The summed E-state index contributed by atoms with van der Waals surface area (Å²) < 4.78 is 0. The highest BCUT2D eigenvalue weighted by atomic mass is 32.2. The Balaban J connectivity index is 1.47. The summed E-state index contributed by atoms with van der Waals surface area (Å²) in [4.78, 5) is 166. The second kappa shape index (κ2) is 37.3. The Morgan fingerprint density at radius 1 is 0.573 bits per heavy atom. The molecule has 4 rings (SSSR count). The number of hydrogen-bond donors (Lipinski definition) is 13. The number of hydrogen-bond acceptors (Lipinski definition) is 16. The normalized spacial score (nSPS) is 18.0. The van der Waals surface area contributed by atoms with Crippen LogP contribution in [0.15, 0.2) is 60.7 Å². The van der Waals surface area contributed by atoms with E-state index >= 15 is 0 Å². The van der Waals surface area contributed by atoms with Crippen LogP contribution >= 0.6 is 11.8 Å². The molecule has 0 aromatic heterocycles. The van der Waals surface area contributed by atoms with Gasteiger partial charge in [0.15, 0.2) is 0 Å². The Morgan fingerprint density at radius 3 is 1.57 bits per heavy atom. The molecule has 0 radical (unpaired) electrons. The Morgan fingerprint density at radius 2 is 1.07 bits per heavy atom. The zero-order chi connectivity index (χ0) is 65.9. The highest BCUT2D eigenvalue weighted by molar-refractivity contribution is 7.98. The van der Waals surface area contributed by atoms with Gasteiger partial charge in [-0.2, -0.15) is 11.8 Å². The third-order valence-electron chi connectivity index (χ3n) is 15.9. The number of rotatable bonds is 37. The van der Waals surface area contributed by atoms with Crippen LogP contribution in [0, 0.1) is 11.8 Å². The van der Waals surface area contributed by atoms with E-state index in [2.05, 4.69) is 42.5 Å². The predicted octanol–water partition coefficient (Wildman–Crippen LogP) is -0.795. The molecule has 0 bridgehead atoms. The minimum Gasteiger partial charge on any atom is -0.481 e. The number of carboxylic acids is 2. The summed E-state index contributed by atoms with van der Waals surface area (Å²) >= 11 is 1.41. The number of carbonyl (C=O) groups excluding carboxylic acids is 10. The average Bonchev–Trinajstić information content (AvgIpc) is 2.13. The fourth-order valence-electron chi connectivity index (χ4n) is 10.4. The third kappa shape index (κ3) is 23.0. The van der Waals surface area contributed by atoms with Gasteiger partial charge in [0.05, 0.1) is 12.6 Å². The average molecular weight is 1270 g/mol. The monoisotopic (exact) mass is 1260 g/mol. The van der Waals surface area contributed by atoms with Gasteiger partial charge in [-0.05, 0) is 99.8 Å². The van der Waals surface area contributed by atoms with E-state index in [4.69, 9.17) is 11.5 Å². The van der Waals surface area contributed by atoms with Gasteiger partial charge in [-0.25, -0.2) is 4.79 Å². The number of nitrogens with one attached hydrogen (secondary N) is 8. The number of nitrogens with two attached hydrogens (primary N) is 2. The van der Waals surface area contributed by atoms with E-state index in [1.165, 1.54) is 23.6 Å². The second-order valence-electron chi connectivity index (χ2n) is 23.0. The van der Waals surface area contributed by atoms with Crippen LogP contribution in [-0.2, 0) is 70.4 Å². The Bertz CT molecular complexity index is 2730. The van der Waals surface area contributed by atoms with Crippen molar-refractivity contribution in [2.75, 3.05) is 38.2 Å². The molecular formula is C61H92N12O15S. The number of carbonyl (C=O) groups is 12. The molecule has 2 aliphatic heterocycles. The van der Waals surface area contributed by atoms with Gasteiger partial charge in [-0.15, -0.1) is 0 Å². The van der Waals surface area contributed by atoms with Crippen LogP contribution in [0.1, 0.15) is 116 Å². The van der Waals surface area contributed by atoms with Crippen LogP contribution in [0.2, 0.25) is 0 Å². The zero-order valence-corrected chi connectivity index (χ0v) is 52.5. The third-order valence-corrected chi connectivity index (χ3v) is 16.5. The first-order valence-corrected chi connectivity index (χ1v) is 31.9. The fourth-order valence-corrected chi connectivity index (χ4v) is 10.9. The molecule has 0 saturated carbocycles. The molecule has 10 amide bonds. The topological polar surface area (TPSA) is 420 Å². The first-order chi connectivity index (χ1) is 42.3. The number of likely N-dealkylation sites (tertiary alicyclic amines) is 2. The largest absolute Gasteiger partial charge is 0.481 e. The number of thioether (sulfide) groups is 1. The summed E-state index contributed by atoms with van der Waals surface area (Å²) in [6.45, 7) is 7.72. The van der Waals surface area contributed by atoms with Gasteiger partial charge < -0.3 is 79.1 Å². The highest BCUT2D eigenvalue weighted by Gasteiger charge is 2.43. The van der Waals surface area contributed by atoms with Crippen molar-refractivity contribution in [3.05, 3.63) is 71.8 Å². The molecule has 89 heavy (non-hydrogen) atoms. The molecular weight excluding hydrogens is 1170 g/mol. The van der Waals surface area contributed by atoms with E-state index in [0.717, 1.165) is 4.90 Å². The molecule has 2 aromatic carbocycles. The van der Waals surface area contributed by atoms with Crippen molar-refractivity contribution in [2.45, 2.75) is 185 Å². The molecule has 0 unspecified atom stereocenters. The van der Waals surface area contributed by atoms with E-state index in [1.807, 2.05) is 6.26 Å². The summed E-state index contributed by atoms with van der Waals surface area (Å²) in [6, 6.07) is 3.29. The van der Waals surface area contributed by atoms with Crippen molar-refractivity contribution in [1.29, 1.82) is 0 Å². The van der Waals surface area contributed by atoms with Gasteiger partial charge in [-0.3, -0.25) is 52.7 Å². The number of aliphatic hydroxyl groups is 1. The van der Waals surface area contributed by atoms with Gasteiger partial charge in [0.1, 0.15) is 60.4 Å². The number of aliphatic carboxylic acids is 2. The molecule has 2 heterocycles. The van der Waals surface area contributed by atoms with Gasteiger partial charge in [0, 0.05) is 32.4 Å². The molecule has 2 saturated heterocycles. The smallest absolute Gasteiger partial charge is 0.326 e. The minimum atomic E-state index is -1.64. The van der Waals surface area contributed by atoms with Gasteiger partial charge in [0.25, 0.3) is 0 Å². The summed E-state index contributed by atoms with van der Waals surface area (Å²) in [5.74, 6) is -11.1. The van der Waals surface area contributed by atoms with Crippen molar-refractivity contribution in [3.8, 4) is 0 Å². The van der Waals surface area contributed by atoms with Gasteiger partial charge in [0.2, 0.25) is 59.1 Å². The summed E-state index contributed by atoms with van der Waals surface area (Å²) in [5.41, 5.74) is 12.8. The number of benzene rings is 2. The SMILES string of the molecule is CC[C@H](C)[C@H](NC(=O)[C@@H](NC(=O)[C@H](CCC(=O)O)NC(=O)[C@@H]1CCCN1C(=O)[C@H](CO)NC(=O)[C@H](Cc1ccccc1)NC(=O)[C@H](C)NC(=O)[C@@H](N)CCCCN)C(C)C)C(=O)N1CCC[C@H]1C(=O)N[C@@H](CCSC)C(=O)N[C@@H](Cc1ccccc1)C(=O)O. The lowest BCUT2D eigenvalue weighted by Gasteiger charge is -2.33. The Labute approximate surface area is 523 Å². The van der Waals surface area contributed by atoms with Crippen LogP contribution in [0.5, 0.6) is 0 Å². The predicted molar refractivity (Wildman–Crippen MR) is 331 cm³/mol. The molecule has 27 nitrogen and oxygen atoms in total. The number of aliphatic hydroxyl groups excluding tert-OH is 1. The summed E-state index contributed by atoms with van der Waals surface area (Å²) in [5, 5.41) is 51.2. The van der Waals surface area contributed by atoms with Crippen LogP contribution in [0.3, 0.4) is 0 Å². The van der Waals surface area contributed by atoms with E-state index in [1.54, 1.807) is 88.4 Å². The van der Waals surface area contributed by atoms with Gasteiger partial charge >= 0.3 is 11.9 Å². The number of carboxylic acid groups (broad SMARTS) is 2. The Kier molecular flexibility index (Phi) is 31.0. The quantitative estimate of drug-likeness (QED) is 0.0369. The molecule has 2 aromatic rings. The summed E-state index contributed by atoms with van der Waals surface area (Å²) in [7, 11) is 0. The lowest BCUT2D eigenvalue weighted by Crippen LogP contribution is -2.62. The maximum absolute atomic E-state index is 14.6. The van der Waals surface area contributed by atoms with Crippen molar-refractivity contribution in [3.63, 3.8) is 0 Å². The zero-order valence-electron chi connectivity index (χ0n) is 51.7. The molecule has 15 N–H and O–H groups in total. The number of unbranched alkanes of at least 4 members (excludes halogenated alkanes) is 1. The molecule has 0 spiro atoms. The first-order valence-electron chi connectivity index (χ1n) is 30.5. The van der Waals surface area contributed by atoms with E-state index in [-0.39, 0.29) is 51.6 Å². The molecule has 2 fully saturated rings. The lowest BCUT2D eigenvalue weighted by molar-refractivity contribution is -0.144. The van der Waals surface area contributed by atoms with E-state index < -0.39 is 169 Å². The van der Waals surface area contributed by atoms with Gasteiger partial charge in [-0.1, -0.05) is 101 Å². The lowest BCUT2D eigenvalue weighted by atomic mass is 9.95. The van der Waals surface area contributed by atoms with Crippen LogP contribution in [0.4, 0.5) is 0 Å². The molecule has 492 valence electrons. The van der Waals surface area contributed by atoms with E-state index in [9.17, 15) is 72.9 Å². The first kappa shape index (κ1) is 73.8. The molecule has 2 aliphatic rings. The number of amides is 10. The van der Waals surface area contributed by atoms with Crippen molar-refractivity contribution in [1.82, 2.24) is 52.3 Å². The van der Waals surface area contributed by atoms with Crippen LogP contribution in [-0.4, -0.2) is 201 Å². The minimum absolute atomic E-state index is 0.00677. The maximum atomic E-state index is 14.6. The van der Waals surface area contributed by atoms with Crippen molar-refractivity contribution < 1.29 is 72.9 Å².